The smallest absolute Gasteiger partial charge is 0.225 e. The maximum absolute atomic E-state index is 12.4. The van der Waals surface area contributed by atoms with Gasteiger partial charge in [0, 0.05) is 19.0 Å². The number of carbonyl (C=O) groups is 1. The third-order valence-corrected chi connectivity index (χ3v) is 4.40. The number of hydrogen-bond acceptors (Lipinski definition) is 2. The zero-order valence-electron chi connectivity index (χ0n) is 11.1. The van der Waals surface area contributed by atoms with Gasteiger partial charge >= 0.3 is 0 Å². The fraction of sp³-hybridized carbons (Fsp3) is 0.929. The highest BCUT2D eigenvalue weighted by Crippen LogP contribution is 2.26. The minimum Gasteiger partial charge on any atom is -0.342 e. The number of nitrogens with one attached hydrogen (secondary N) is 1. The highest BCUT2D eigenvalue weighted by molar-refractivity contribution is 5.79. The van der Waals surface area contributed by atoms with E-state index in [4.69, 9.17) is 0 Å². The first kappa shape index (κ1) is 12.9. The molecule has 1 saturated heterocycles. The molecular formula is C14H26N2O. The Kier molecular flexibility index (Phi) is 4.84. The van der Waals surface area contributed by atoms with Crippen molar-refractivity contribution < 1.29 is 4.79 Å². The molecule has 0 aromatic carbocycles. The molecule has 1 heterocycles. The van der Waals surface area contributed by atoms with Crippen molar-refractivity contribution in [2.75, 3.05) is 20.1 Å². The second kappa shape index (κ2) is 6.39. The fourth-order valence-electron chi connectivity index (χ4n) is 3.21. The summed E-state index contributed by atoms with van der Waals surface area (Å²) >= 11 is 0. The second-order valence-electron chi connectivity index (χ2n) is 5.62. The molecular weight excluding hydrogens is 212 g/mol. The van der Waals surface area contributed by atoms with Gasteiger partial charge in [0.2, 0.25) is 5.91 Å². The van der Waals surface area contributed by atoms with Gasteiger partial charge in [-0.05, 0) is 45.2 Å². The summed E-state index contributed by atoms with van der Waals surface area (Å²) < 4.78 is 0. The van der Waals surface area contributed by atoms with Gasteiger partial charge in [-0.15, -0.1) is 0 Å². The molecule has 0 bridgehead atoms. The molecule has 0 aromatic heterocycles. The largest absolute Gasteiger partial charge is 0.342 e. The average molecular weight is 238 g/mol. The van der Waals surface area contributed by atoms with Crippen molar-refractivity contribution in [2.45, 2.75) is 57.4 Å². The van der Waals surface area contributed by atoms with Crippen molar-refractivity contribution in [3.8, 4) is 0 Å². The van der Waals surface area contributed by atoms with E-state index in [9.17, 15) is 4.79 Å². The van der Waals surface area contributed by atoms with E-state index in [1.165, 1.54) is 32.1 Å². The normalized spacial score (nSPS) is 27.5. The molecule has 17 heavy (non-hydrogen) atoms. The summed E-state index contributed by atoms with van der Waals surface area (Å²) in [4.78, 5) is 14.5. The van der Waals surface area contributed by atoms with Crippen molar-refractivity contribution >= 4 is 5.91 Å². The van der Waals surface area contributed by atoms with Gasteiger partial charge in [-0.2, -0.15) is 0 Å². The van der Waals surface area contributed by atoms with Crippen molar-refractivity contribution in [2.24, 2.45) is 5.92 Å². The van der Waals surface area contributed by atoms with Crippen LogP contribution < -0.4 is 5.32 Å². The first-order valence-corrected chi connectivity index (χ1v) is 7.26. The van der Waals surface area contributed by atoms with E-state index in [1.54, 1.807) is 0 Å². The Labute approximate surface area is 105 Å². The van der Waals surface area contributed by atoms with Crippen LogP contribution in [-0.2, 0) is 4.79 Å². The monoisotopic (exact) mass is 238 g/mol. The molecule has 2 aliphatic rings. The quantitative estimate of drug-likeness (QED) is 0.799. The van der Waals surface area contributed by atoms with Crippen LogP contribution in [0.5, 0.6) is 0 Å². The molecule has 1 N–H and O–H groups in total. The van der Waals surface area contributed by atoms with Crippen LogP contribution in [0.2, 0.25) is 0 Å². The van der Waals surface area contributed by atoms with Crippen LogP contribution in [0.3, 0.4) is 0 Å². The lowest BCUT2D eigenvalue weighted by molar-refractivity contribution is -0.137. The summed E-state index contributed by atoms with van der Waals surface area (Å²) in [5, 5.41) is 3.41. The fourth-order valence-corrected chi connectivity index (χ4v) is 3.21. The summed E-state index contributed by atoms with van der Waals surface area (Å²) in [7, 11) is 2.02. The lowest BCUT2D eigenvalue weighted by Crippen LogP contribution is -2.41. The Bertz CT molecular complexity index is 241. The number of carbonyl (C=O) groups excluding carboxylic acids is 1. The topological polar surface area (TPSA) is 32.3 Å². The molecule has 1 aliphatic heterocycles. The molecule has 2 rings (SSSR count). The van der Waals surface area contributed by atoms with Gasteiger partial charge in [-0.25, -0.2) is 0 Å². The highest BCUT2D eigenvalue weighted by atomic mass is 16.2. The number of nitrogens with zero attached hydrogens (tertiary/aromatic N) is 1. The first-order chi connectivity index (χ1) is 8.29. The molecule has 2 fully saturated rings. The first-order valence-electron chi connectivity index (χ1n) is 7.26. The maximum atomic E-state index is 12.4. The summed E-state index contributed by atoms with van der Waals surface area (Å²) in [6, 6.07) is 0.472. The van der Waals surface area contributed by atoms with Crippen LogP contribution in [0.1, 0.15) is 51.4 Å². The standard InChI is InChI=1S/C14H26N2O/c1-16(13-8-5-10-15-11-9-13)14(17)12-6-3-2-4-7-12/h12-13,15H,2-11H2,1H3. The average Bonchev–Trinajstić information content (AvgIpc) is 2.67. The van der Waals surface area contributed by atoms with Gasteiger partial charge in [0.05, 0.1) is 0 Å². The van der Waals surface area contributed by atoms with Crippen molar-refractivity contribution in [3.63, 3.8) is 0 Å². The van der Waals surface area contributed by atoms with Crippen molar-refractivity contribution in [1.82, 2.24) is 10.2 Å². The zero-order chi connectivity index (χ0) is 12.1. The van der Waals surface area contributed by atoms with Crippen molar-refractivity contribution in [1.29, 1.82) is 0 Å². The molecule has 1 amide bonds. The van der Waals surface area contributed by atoms with Gasteiger partial charge in [-0.3, -0.25) is 4.79 Å². The minimum absolute atomic E-state index is 0.324. The molecule has 3 heteroatoms. The Hall–Kier alpha value is -0.570. The predicted octanol–water partition coefficient (Wildman–Crippen LogP) is 2.17. The second-order valence-corrected chi connectivity index (χ2v) is 5.62. The van der Waals surface area contributed by atoms with E-state index in [0.717, 1.165) is 32.4 Å². The van der Waals surface area contributed by atoms with E-state index >= 15 is 0 Å². The van der Waals surface area contributed by atoms with Crippen LogP contribution in [0, 0.1) is 5.92 Å². The molecule has 1 aliphatic carbocycles. The van der Waals surface area contributed by atoms with E-state index in [0.29, 0.717) is 17.9 Å². The highest BCUT2D eigenvalue weighted by Gasteiger charge is 2.28. The van der Waals surface area contributed by atoms with Gasteiger partial charge in [0.25, 0.3) is 0 Å². The van der Waals surface area contributed by atoms with E-state index in [1.807, 2.05) is 7.05 Å². The van der Waals surface area contributed by atoms with E-state index < -0.39 is 0 Å². The summed E-state index contributed by atoms with van der Waals surface area (Å²) in [5.74, 6) is 0.738. The third kappa shape index (κ3) is 3.44. The van der Waals surface area contributed by atoms with Gasteiger partial charge in [0.1, 0.15) is 0 Å². The number of amides is 1. The molecule has 1 unspecified atom stereocenters. The van der Waals surface area contributed by atoms with Gasteiger partial charge in [0.15, 0.2) is 0 Å². The van der Waals surface area contributed by atoms with Crippen LogP contribution in [0.25, 0.3) is 0 Å². The molecule has 3 nitrogen and oxygen atoms in total. The zero-order valence-corrected chi connectivity index (χ0v) is 11.1. The molecule has 0 aromatic rings. The Balaban J connectivity index is 1.88. The Morgan fingerprint density at radius 2 is 1.76 bits per heavy atom. The predicted molar refractivity (Wildman–Crippen MR) is 69.9 cm³/mol. The lowest BCUT2D eigenvalue weighted by atomic mass is 9.88. The number of hydrogen-bond donors (Lipinski definition) is 1. The lowest BCUT2D eigenvalue weighted by Gasteiger charge is -2.32. The van der Waals surface area contributed by atoms with E-state index in [-0.39, 0.29) is 0 Å². The Morgan fingerprint density at radius 1 is 1.00 bits per heavy atom. The molecule has 1 atom stereocenters. The Morgan fingerprint density at radius 3 is 2.53 bits per heavy atom. The summed E-state index contributed by atoms with van der Waals surface area (Å²) in [6.45, 7) is 2.18. The molecule has 0 spiro atoms. The van der Waals surface area contributed by atoms with E-state index in [2.05, 4.69) is 10.2 Å². The minimum atomic E-state index is 0.324. The van der Waals surface area contributed by atoms with Gasteiger partial charge < -0.3 is 10.2 Å². The molecule has 0 radical (unpaired) electrons. The summed E-state index contributed by atoms with van der Waals surface area (Å²) in [5.41, 5.74) is 0. The van der Waals surface area contributed by atoms with Crippen LogP contribution in [0.15, 0.2) is 0 Å². The number of rotatable bonds is 2. The van der Waals surface area contributed by atoms with Crippen molar-refractivity contribution in [3.05, 3.63) is 0 Å². The molecule has 1 saturated carbocycles. The van der Waals surface area contributed by atoms with Crippen LogP contribution in [-0.4, -0.2) is 37.0 Å². The maximum Gasteiger partial charge on any atom is 0.225 e. The SMILES string of the molecule is CN(C(=O)C1CCCCC1)C1CCCNCC1. The van der Waals surface area contributed by atoms with Crippen LogP contribution in [0.4, 0.5) is 0 Å². The van der Waals surface area contributed by atoms with Crippen LogP contribution >= 0.6 is 0 Å². The summed E-state index contributed by atoms with van der Waals surface area (Å²) in [6.07, 6.45) is 9.54. The van der Waals surface area contributed by atoms with Gasteiger partial charge in [-0.1, -0.05) is 19.3 Å². The molecule has 98 valence electrons. The third-order valence-electron chi connectivity index (χ3n) is 4.40.